The first kappa shape index (κ1) is 10.5. The lowest BCUT2D eigenvalue weighted by Crippen LogP contribution is -2.41. The van der Waals surface area contributed by atoms with Crippen LogP contribution in [-0.2, 0) is 0 Å². The minimum atomic E-state index is -0.0452. The predicted molar refractivity (Wildman–Crippen MR) is 56.9 cm³/mol. The van der Waals surface area contributed by atoms with Crippen LogP contribution < -0.4 is 10.6 Å². The van der Waals surface area contributed by atoms with Crippen LogP contribution in [-0.4, -0.2) is 20.3 Å². The Morgan fingerprint density at radius 1 is 1.08 bits per heavy atom. The summed E-state index contributed by atoms with van der Waals surface area (Å²) in [4.78, 5) is 0. The molecule has 72 valence electrons. The van der Waals surface area contributed by atoms with Crippen molar-refractivity contribution in [1.82, 2.24) is 10.6 Å². The van der Waals surface area contributed by atoms with Gasteiger partial charge in [0.25, 0.3) is 0 Å². The molecule has 1 rings (SSSR count). The van der Waals surface area contributed by atoms with Crippen molar-refractivity contribution in [2.24, 2.45) is 0 Å². The maximum Gasteiger partial charge on any atom is 0.0869 e. The molecule has 1 aromatic carbocycles. The molecule has 0 bridgehead atoms. The van der Waals surface area contributed by atoms with E-state index in [2.05, 4.69) is 10.6 Å². The Hall–Kier alpha value is -0.570. The number of benzene rings is 1. The molecule has 0 aliphatic heterocycles. The lowest BCUT2D eigenvalue weighted by molar-refractivity contribution is 0.480. The Kier molecular flexibility index (Phi) is 4.22. The smallest absolute Gasteiger partial charge is 0.0869 e. The Balaban J connectivity index is 2.72. The molecule has 0 aromatic heterocycles. The number of hydrogen-bond acceptors (Lipinski definition) is 2. The number of halogens is 1. The average molecular weight is 199 g/mol. The van der Waals surface area contributed by atoms with Gasteiger partial charge in [-0.15, -0.1) is 11.6 Å². The highest BCUT2D eigenvalue weighted by Gasteiger charge is 2.16. The summed E-state index contributed by atoms with van der Waals surface area (Å²) in [6.07, 6.45) is 0.101. The normalized spacial score (nSPS) is 13.2. The maximum absolute atomic E-state index is 6.25. The van der Waals surface area contributed by atoms with Crippen LogP contribution in [0, 0.1) is 0 Å². The third-order valence-electron chi connectivity index (χ3n) is 2.03. The van der Waals surface area contributed by atoms with E-state index in [9.17, 15) is 0 Å². The zero-order valence-electron chi connectivity index (χ0n) is 7.92. The fraction of sp³-hybridized carbons (Fsp3) is 0.400. The Bertz CT molecular complexity index is 234. The van der Waals surface area contributed by atoms with Crippen molar-refractivity contribution in [3.8, 4) is 0 Å². The first-order chi connectivity index (χ1) is 6.29. The average Bonchev–Trinajstić information content (AvgIpc) is 2.21. The zero-order valence-corrected chi connectivity index (χ0v) is 8.68. The van der Waals surface area contributed by atoms with Crippen LogP contribution in [0.3, 0.4) is 0 Å². The minimum absolute atomic E-state index is 0.0452. The van der Waals surface area contributed by atoms with E-state index in [1.54, 1.807) is 0 Å². The van der Waals surface area contributed by atoms with Crippen LogP contribution in [0.5, 0.6) is 0 Å². The van der Waals surface area contributed by atoms with Gasteiger partial charge in [0.1, 0.15) is 0 Å². The molecular weight excluding hydrogens is 184 g/mol. The van der Waals surface area contributed by atoms with Crippen molar-refractivity contribution < 1.29 is 0 Å². The van der Waals surface area contributed by atoms with Gasteiger partial charge in [-0.1, -0.05) is 30.3 Å². The standard InChI is InChI=1S/C10H15ClN2/c1-12-10(13-2)9(11)8-6-4-3-5-7-8/h3-7,9-10,12-13H,1-2H3. The summed E-state index contributed by atoms with van der Waals surface area (Å²) < 4.78 is 0. The van der Waals surface area contributed by atoms with E-state index in [0.717, 1.165) is 5.56 Å². The highest BCUT2D eigenvalue weighted by atomic mass is 35.5. The molecule has 0 amide bonds. The van der Waals surface area contributed by atoms with Crippen molar-refractivity contribution in [1.29, 1.82) is 0 Å². The summed E-state index contributed by atoms with van der Waals surface area (Å²) in [5, 5.41) is 6.17. The van der Waals surface area contributed by atoms with Gasteiger partial charge in [0.2, 0.25) is 0 Å². The second kappa shape index (κ2) is 5.22. The molecule has 0 spiro atoms. The van der Waals surface area contributed by atoms with E-state index in [0.29, 0.717) is 0 Å². The van der Waals surface area contributed by atoms with Gasteiger partial charge in [-0.05, 0) is 19.7 Å². The number of likely N-dealkylation sites (N-methyl/N-ethyl adjacent to an activating group) is 2. The van der Waals surface area contributed by atoms with Crippen molar-refractivity contribution in [3.05, 3.63) is 35.9 Å². The number of nitrogens with one attached hydrogen (secondary N) is 2. The van der Waals surface area contributed by atoms with Gasteiger partial charge >= 0.3 is 0 Å². The van der Waals surface area contributed by atoms with Crippen LogP contribution in [0.1, 0.15) is 10.9 Å². The topological polar surface area (TPSA) is 24.1 Å². The van der Waals surface area contributed by atoms with Crippen LogP contribution in [0.15, 0.2) is 30.3 Å². The molecule has 1 unspecified atom stereocenters. The third kappa shape index (κ3) is 2.69. The van der Waals surface area contributed by atoms with Gasteiger partial charge in [0.05, 0.1) is 11.5 Å². The molecule has 0 heterocycles. The fourth-order valence-electron chi connectivity index (χ4n) is 1.27. The molecule has 1 aromatic rings. The van der Waals surface area contributed by atoms with Crippen molar-refractivity contribution in [2.75, 3.05) is 14.1 Å². The molecule has 0 saturated heterocycles. The first-order valence-corrected chi connectivity index (χ1v) is 4.76. The second-order valence-electron chi connectivity index (χ2n) is 2.87. The summed E-state index contributed by atoms with van der Waals surface area (Å²) in [5.41, 5.74) is 1.12. The molecule has 2 N–H and O–H groups in total. The summed E-state index contributed by atoms with van der Waals surface area (Å²) in [6.45, 7) is 0. The van der Waals surface area contributed by atoms with Gasteiger partial charge in [-0.25, -0.2) is 0 Å². The van der Waals surface area contributed by atoms with E-state index in [-0.39, 0.29) is 11.5 Å². The van der Waals surface area contributed by atoms with Gasteiger partial charge in [0.15, 0.2) is 0 Å². The highest BCUT2D eigenvalue weighted by molar-refractivity contribution is 6.21. The quantitative estimate of drug-likeness (QED) is 0.569. The van der Waals surface area contributed by atoms with E-state index in [1.165, 1.54) is 0 Å². The zero-order chi connectivity index (χ0) is 9.68. The van der Waals surface area contributed by atoms with Crippen molar-refractivity contribution in [3.63, 3.8) is 0 Å². The molecular formula is C10H15ClN2. The fourth-order valence-corrected chi connectivity index (χ4v) is 1.66. The molecule has 0 saturated carbocycles. The maximum atomic E-state index is 6.25. The summed E-state index contributed by atoms with van der Waals surface area (Å²) in [6, 6.07) is 10.0. The van der Waals surface area contributed by atoms with Gasteiger partial charge in [0, 0.05) is 0 Å². The molecule has 0 radical (unpaired) electrons. The minimum Gasteiger partial charge on any atom is -0.303 e. The van der Waals surface area contributed by atoms with Crippen LogP contribution in [0.4, 0.5) is 0 Å². The monoisotopic (exact) mass is 198 g/mol. The largest absolute Gasteiger partial charge is 0.303 e. The lowest BCUT2D eigenvalue weighted by atomic mass is 10.1. The van der Waals surface area contributed by atoms with Crippen LogP contribution >= 0.6 is 11.6 Å². The molecule has 1 atom stereocenters. The van der Waals surface area contributed by atoms with Gasteiger partial charge < -0.3 is 10.6 Å². The second-order valence-corrected chi connectivity index (χ2v) is 3.34. The van der Waals surface area contributed by atoms with Gasteiger partial charge in [-0.2, -0.15) is 0 Å². The lowest BCUT2D eigenvalue weighted by Gasteiger charge is -2.21. The SMILES string of the molecule is CNC(NC)C(Cl)c1ccccc1. The van der Waals surface area contributed by atoms with Crippen LogP contribution in [0.2, 0.25) is 0 Å². The Morgan fingerprint density at radius 3 is 2.08 bits per heavy atom. The van der Waals surface area contributed by atoms with Gasteiger partial charge in [-0.3, -0.25) is 0 Å². The molecule has 0 fully saturated rings. The summed E-state index contributed by atoms with van der Waals surface area (Å²) in [7, 11) is 3.78. The molecule has 2 nitrogen and oxygen atoms in total. The number of rotatable bonds is 4. The Labute approximate surface area is 84.3 Å². The predicted octanol–water partition coefficient (Wildman–Crippen LogP) is 1.73. The van der Waals surface area contributed by atoms with E-state index in [1.807, 2.05) is 44.4 Å². The molecule has 0 aliphatic carbocycles. The van der Waals surface area contributed by atoms with Crippen molar-refractivity contribution in [2.45, 2.75) is 11.5 Å². The summed E-state index contributed by atoms with van der Waals surface area (Å²) in [5.74, 6) is 0. The molecule has 0 aliphatic rings. The third-order valence-corrected chi connectivity index (χ3v) is 2.54. The van der Waals surface area contributed by atoms with Crippen molar-refractivity contribution >= 4 is 11.6 Å². The first-order valence-electron chi connectivity index (χ1n) is 4.33. The molecule has 3 heteroatoms. The highest BCUT2D eigenvalue weighted by Crippen LogP contribution is 2.22. The number of hydrogen-bond donors (Lipinski definition) is 2. The number of alkyl halides is 1. The van der Waals surface area contributed by atoms with E-state index < -0.39 is 0 Å². The summed E-state index contributed by atoms with van der Waals surface area (Å²) >= 11 is 6.25. The van der Waals surface area contributed by atoms with E-state index in [4.69, 9.17) is 11.6 Å². The van der Waals surface area contributed by atoms with Crippen LogP contribution in [0.25, 0.3) is 0 Å². The Morgan fingerprint density at radius 2 is 1.62 bits per heavy atom. The molecule has 13 heavy (non-hydrogen) atoms. The van der Waals surface area contributed by atoms with E-state index >= 15 is 0 Å².